The van der Waals surface area contributed by atoms with E-state index in [9.17, 15) is 0 Å². The van der Waals surface area contributed by atoms with E-state index < -0.39 is 0 Å². The van der Waals surface area contributed by atoms with E-state index in [2.05, 4.69) is 24.8 Å². The Bertz CT molecular complexity index is 891. The van der Waals surface area contributed by atoms with Crippen molar-refractivity contribution in [2.45, 2.75) is 43.6 Å². The molecule has 0 bridgehead atoms. The van der Waals surface area contributed by atoms with Gasteiger partial charge in [-0.2, -0.15) is 0 Å². The van der Waals surface area contributed by atoms with Gasteiger partial charge < -0.3 is 18.9 Å². The van der Waals surface area contributed by atoms with Crippen LogP contribution in [0.15, 0.2) is 91.0 Å². The van der Waals surface area contributed by atoms with Gasteiger partial charge in [-0.1, -0.05) is 91.0 Å². The maximum absolute atomic E-state index is 6.30. The lowest BCUT2D eigenvalue weighted by atomic mass is 10.1. The van der Waals surface area contributed by atoms with Gasteiger partial charge in [-0.25, -0.2) is 0 Å². The third kappa shape index (κ3) is 6.42. The van der Waals surface area contributed by atoms with Crippen molar-refractivity contribution >= 4 is 12.6 Å². The van der Waals surface area contributed by atoms with Gasteiger partial charge in [-0.15, -0.1) is 12.6 Å². The van der Waals surface area contributed by atoms with Crippen LogP contribution < -0.4 is 0 Å². The van der Waals surface area contributed by atoms with E-state index in [-0.39, 0.29) is 23.7 Å². The number of ether oxygens (including phenoxy) is 4. The van der Waals surface area contributed by atoms with Gasteiger partial charge in [0.2, 0.25) is 0 Å². The molecule has 1 aliphatic rings. The zero-order chi connectivity index (χ0) is 21.3. The van der Waals surface area contributed by atoms with E-state index in [4.69, 9.17) is 18.9 Å². The minimum atomic E-state index is -0.380. The molecule has 0 amide bonds. The van der Waals surface area contributed by atoms with Crippen LogP contribution in [0.2, 0.25) is 0 Å². The minimum absolute atomic E-state index is 0.254. The van der Waals surface area contributed by atoms with Crippen LogP contribution in [0.5, 0.6) is 0 Å². The summed E-state index contributed by atoms with van der Waals surface area (Å²) in [4.78, 5) is 0. The van der Waals surface area contributed by atoms with Crippen LogP contribution in [0.3, 0.4) is 0 Å². The lowest BCUT2D eigenvalue weighted by molar-refractivity contribution is -0.0895. The maximum atomic E-state index is 6.30. The second-order valence-electron chi connectivity index (χ2n) is 7.59. The molecule has 0 N–H and O–H groups in total. The molecular weight excluding hydrogens is 408 g/mol. The van der Waals surface area contributed by atoms with E-state index in [1.807, 2.05) is 78.9 Å². The lowest BCUT2D eigenvalue weighted by Gasteiger charge is -2.24. The number of hydrogen-bond acceptors (Lipinski definition) is 5. The van der Waals surface area contributed by atoms with E-state index >= 15 is 0 Å². The second kappa shape index (κ2) is 11.5. The number of benzene rings is 3. The van der Waals surface area contributed by atoms with Crippen LogP contribution in [0.25, 0.3) is 0 Å². The van der Waals surface area contributed by atoms with Crippen LogP contribution in [-0.2, 0) is 38.8 Å². The smallest absolute Gasteiger partial charge is 0.129 e. The fourth-order valence-electron chi connectivity index (χ4n) is 3.62. The molecule has 0 aromatic heterocycles. The zero-order valence-electron chi connectivity index (χ0n) is 17.4. The fourth-order valence-corrected chi connectivity index (χ4v) is 4.03. The molecule has 0 aliphatic carbocycles. The van der Waals surface area contributed by atoms with E-state index in [0.29, 0.717) is 26.4 Å². The summed E-state index contributed by atoms with van der Waals surface area (Å²) in [5, 5.41) is 0. The Kier molecular flexibility index (Phi) is 8.16. The summed E-state index contributed by atoms with van der Waals surface area (Å²) in [6.07, 6.45) is -0.824. The first-order chi connectivity index (χ1) is 15.3. The minimum Gasteiger partial charge on any atom is -0.374 e. The highest BCUT2D eigenvalue weighted by Crippen LogP contribution is 2.30. The van der Waals surface area contributed by atoms with Gasteiger partial charge in [0.15, 0.2) is 0 Å². The summed E-state index contributed by atoms with van der Waals surface area (Å²) in [6, 6.07) is 30.3. The van der Waals surface area contributed by atoms with Crippen molar-refractivity contribution in [3.8, 4) is 0 Å². The molecule has 1 saturated heterocycles. The molecule has 3 aromatic carbocycles. The zero-order valence-corrected chi connectivity index (χ0v) is 18.3. The molecule has 1 aliphatic heterocycles. The Labute approximate surface area is 189 Å². The van der Waals surface area contributed by atoms with Crippen molar-refractivity contribution in [2.24, 2.45) is 0 Å². The summed E-state index contributed by atoms with van der Waals surface area (Å²) in [5.41, 5.74) is 2.96. The van der Waals surface area contributed by atoms with Crippen LogP contribution in [-0.4, -0.2) is 30.4 Å². The van der Waals surface area contributed by atoms with Gasteiger partial charge in [-0.3, -0.25) is 0 Å². The van der Waals surface area contributed by atoms with Crippen molar-refractivity contribution in [1.82, 2.24) is 0 Å². The average molecular weight is 437 g/mol. The summed E-state index contributed by atoms with van der Waals surface area (Å²) < 4.78 is 24.6. The van der Waals surface area contributed by atoms with Crippen molar-refractivity contribution in [1.29, 1.82) is 0 Å². The maximum Gasteiger partial charge on any atom is 0.129 e. The van der Waals surface area contributed by atoms with Crippen molar-refractivity contribution in [3.63, 3.8) is 0 Å². The molecule has 162 valence electrons. The number of rotatable bonds is 10. The molecule has 5 heteroatoms. The second-order valence-corrected chi connectivity index (χ2v) is 8.10. The Hall–Kier alpha value is -2.15. The number of hydrogen-bond donors (Lipinski definition) is 1. The average Bonchev–Trinajstić information content (AvgIpc) is 3.12. The summed E-state index contributed by atoms with van der Waals surface area (Å²) >= 11 is 4.64. The molecular formula is C26H28O4S. The first kappa shape index (κ1) is 22.1. The van der Waals surface area contributed by atoms with Crippen molar-refractivity contribution in [3.05, 3.63) is 108 Å². The molecule has 3 aromatic rings. The quantitative estimate of drug-likeness (QED) is 0.453. The van der Waals surface area contributed by atoms with Crippen LogP contribution >= 0.6 is 12.6 Å². The highest BCUT2D eigenvalue weighted by Gasteiger charge is 2.45. The summed E-state index contributed by atoms with van der Waals surface area (Å²) in [6.45, 7) is 1.90. The van der Waals surface area contributed by atoms with Crippen LogP contribution in [0.4, 0.5) is 0 Å². The molecule has 4 atom stereocenters. The van der Waals surface area contributed by atoms with Gasteiger partial charge in [0.1, 0.15) is 23.7 Å². The van der Waals surface area contributed by atoms with E-state index in [1.165, 1.54) is 0 Å². The van der Waals surface area contributed by atoms with Gasteiger partial charge in [-0.05, 0) is 16.7 Å². The number of thiol groups is 1. The van der Waals surface area contributed by atoms with Gasteiger partial charge in [0, 0.05) is 0 Å². The normalized spacial score (nSPS) is 23.1. The Morgan fingerprint density at radius 1 is 0.613 bits per heavy atom. The molecule has 4 rings (SSSR count). The van der Waals surface area contributed by atoms with E-state index in [1.54, 1.807) is 0 Å². The fraction of sp³-hybridized carbons (Fsp3) is 0.308. The first-order valence-corrected chi connectivity index (χ1v) is 11.1. The van der Waals surface area contributed by atoms with Crippen LogP contribution in [0.1, 0.15) is 16.7 Å². The third-order valence-electron chi connectivity index (χ3n) is 5.25. The summed E-state index contributed by atoms with van der Waals surface area (Å²) in [5.74, 6) is 0. The highest BCUT2D eigenvalue weighted by molar-refractivity contribution is 7.80. The molecule has 4 nitrogen and oxygen atoms in total. The van der Waals surface area contributed by atoms with E-state index in [0.717, 1.165) is 16.7 Å². The standard InChI is InChI=1S/C26H28O4S/c31-26-25(29-18-22-14-8-3-9-15-22)24(28-17-21-12-6-2-7-13-21)23(30-26)19-27-16-20-10-4-1-5-11-20/h1-15,23-26,31H,16-19H2/t23-,24-,25-,26+/m1/s1. The predicted molar refractivity (Wildman–Crippen MR) is 124 cm³/mol. The first-order valence-electron chi connectivity index (χ1n) is 10.6. The third-order valence-corrected chi connectivity index (χ3v) is 5.67. The topological polar surface area (TPSA) is 36.9 Å². The monoisotopic (exact) mass is 436 g/mol. The Balaban J connectivity index is 1.39. The Morgan fingerprint density at radius 3 is 1.58 bits per heavy atom. The molecule has 0 saturated carbocycles. The SMILES string of the molecule is S[C@@H]1O[C@H](COCc2ccccc2)[C@@H](OCc2ccccc2)[C@H]1OCc1ccccc1. The molecule has 0 radical (unpaired) electrons. The van der Waals surface area contributed by atoms with Crippen molar-refractivity contribution < 1.29 is 18.9 Å². The summed E-state index contributed by atoms with van der Waals surface area (Å²) in [7, 11) is 0. The van der Waals surface area contributed by atoms with Crippen molar-refractivity contribution in [2.75, 3.05) is 6.61 Å². The largest absolute Gasteiger partial charge is 0.374 e. The predicted octanol–water partition coefficient (Wildman–Crippen LogP) is 5.03. The highest BCUT2D eigenvalue weighted by atomic mass is 32.1. The molecule has 0 unspecified atom stereocenters. The molecule has 0 spiro atoms. The van der Waals surface area contributed by atoms with Gasteiger partial charge in [0.05, 0.1) is 26.4 Å². The Morgan fingerprint density at radius 2 is 1.06 bits per heavy atom. The van der Waals surface area contributed by atoms with Gasteiger partial charge >= 0.3 is 0 Å². The van der Waals surface area contributed by atoms with Crippen LogP contribution in [0, 0.1) is 0 Å². The van der Waals surface area contributed by atoms with Gasteiger partial charge in [0.25, 0.3) is 0 Å². The molecule has 1 heterocycles. The molecule has 31 heavy (non-hydrogen) atoms. The lowest BCUT2D eigenvalue weighted by Crippen LogP contribution is -2.38. The molecule has 1 fully saturated rings.